The van der Waals surface area contributed by atoms with Gasteiger partial charge in [0.25, 0.3) is 17.5 Å². The van der Waals surface area contributed by atoms with Gasteiger partial charge in [-0.25, -0.2) is 4.79 Å². The van der Waals surface area contributed by atoms with Crippen LogP contribution in [0.1, 0.15) is 69.2 Å². The maximum atomic E-state index is 13.0. The van der Waals surface area contributed by atoms with Crippen LogP contribution in [0.3, 0.4) is 0 Å². The molecule has 0 spiro atoms. The van der Waals surface area contributed by atoms with Crippen LogP contribution in [-0.2, 0) is 4.74 Å². The third kappa shape index (κ3) is 5.13. The van der Waals surface area contributed by atoms with E-state index in [1.807, 2.05) is 13.8 Å². The Morgan fingerprint density at radius 3 is 2.31 bits per heavy atom. The van der Waals surface area contributed by atoms with E-state index >= 15 is 0 Å². The first kappa shape index (κ1) is 25.0. The lowest BCUT2D eigenvalue weighted by Crippen LogP contribution is -2.30. The topological polar surface area (TPSA) is 119 Å². The van der Waals surface area contributed by atoms with Crippen LogP contribution in [0, 0.1) is 24.0 Å². The Kier molecular flexibility index (Phi) is 8.09. The highest BCUT2D eigenvalue weighted by atomic mass is 32.1. The van der Waals surface area contributed by atoms with Crippen molar-refractivity contribution in [1.29, 1.82) is 0 Å². The van der Waals surface area contributed by atoms with Crippen LogP contribution in [-0.4, -0.2) is 46.8 Å². The van der Waals surface area contributed by atoms with Gasteiger partial charge in [-0.3, -0.25) is 19.7 Å². The molecular formula is C22H27N3O6S. The van der Waals surface area contributed by atoms with Gasteiger partial charge in [0.15, 0.2) is 0 Å². The molecule has 0 saturated carbocycles. The molecular weight excluding hydrogens is 434 g/mol. The van der Waals surface area contributed by atoms with Gasteiger partial charge in [-0.15, -0.1) is 11.3 Å². The molecule has 32 heavy (non-hydrogen) atoms. The number of rotatable bonds is 8. The fourth-order valence-electron chi connectivity index (χ4n) is 3.22. The van der Waals surface area contributed by atoms with Gasteiger partial charge in [0, 0.05) is 30.3 Å². The number of nitrogens with one attached hydrogen (secondary N) is 1. The van der Waals surface area contributed by atoms with E-state index in [9.17, 15) is 24.5 Å². The molecule has 172 valence electrons. The summed E-state index contributed by atoms with van der Waals surface area (Å²) in [5.74, 6) is -1.52. The van der Waals surface area contributed by atoms with E-state index < -0.39 is 22.9 Å². The molecule has 1 aromatic carbocycles. The molecule has 0 bridgehead atoms. The highest BCUT2D eigenvalue weighted by Crippen LogP contribution is 2.35. The van der Waals surface area contributed by atoms with Crippen LogP contribution in [0.2, 0.25) is 0 Å². The first-order chi connectivity index (χ1) is 15.0. The predicted molar refractivity (Wildman–Crippen MR) is 123 cm³/mol. The number of ether oxygens (including phenoxy) is 1. The predicted octanol–water partition coefficient (Wildman–Crippen LogP) is 4.57. The smallest absolute Gasteiger partial charge is 0.341 e. The van der Waals surface area contributed by atoms with Crippen LogP contribution >= 0.6 is 11.3 Å². The fraction of sp³-hybridized carbons (Fsp3) is 0.409. The van der Waals surface area contributed by atoms with E-state index in [-0.39, 0.29) is 33.3 Å². The normalized spacial score (nSPS) is 10.7. The van der Waals surface area contributed by atoms with Crippen LogP contribution in [0.25, 0.3) is 0 Å². The number of carbonyl (C=O) groups is 3. The number of nitro groups is 1. The van der Waals surface area contributed by atoms with Gasteiger partial charge in [-0.2, -0.15) is 0 Å². The maximum absolute atomic E-state index is 13.0. The second kappa shape index (κ2) is 10.4. The fourth-order valence-corrected chi connectivity index (χ4v) is 4.37. The standard InChI is InChI=1S/C22H27N3O6S/c1-7-24(8-2)21(27)18-14(6)17(22(28)31-12(3)4)20(32-18)23-19(26)15-10-9-11-16(13(15)5)25(29)30/h9-12H,7-8H2,1-6H3,(H,23,26). The average molecular weight is 462 g/mol. The molecule has 0 aliphatic rings. The molecule has 10 heteroatoms. The van der Waals surface area contributed by atoms with Gasteiger partial charge in [-0.1, -0.05) is 6.07 Å². The molecule has 0 saturated heterocycles. The van der Waals surface area contributed by atoms with Gasteiger partial charge in [0.1, 0.15) is 5.00 Å². The van der Waals surface area contributed by atoms with Crippen molar-refractivity contribution in [2.75, 3.05) is 18.4 Å². The van der Waals surface area contributed by atoms with E-state index in [0.717, 1.165) is 11.3 Å². The zero-order valence-electron chi connectivity index (χ0n) is 19.0. The molecule has 0 atom stereocenters. The number of thiophene rings is 1. The first-order valence-electron chi connectivity index (χ1n) is 10.2. The van der Waals surface area contributed by atoms with Gasteiger partial charge in [-0.05, 0) is 53.2 Å². The second-order valence-corrected chi connectivity index (χ2v) is 8.37. The number of nitrogens with zero attached hydrogens (tertiary/aromatic N) is 2. The molecule has 2 aromatic rings. The first-order valence-corrected chi connectivity index (χ1v) is 11.0. The monoisotopic (exact) mass is 461 g/mol. The van der Waals surface area contributed by atoms with E-state index in [2.05, 4.69) is 5.32 Å². The summed E-state index contributed by atoms with van der Waals surface area (Å²) in [5, 5.41) is 14.0. The summed E-state index contributed by atoms with van der Waals surface area (Å²) in [6, 6.07) is 4.20. The van der Waals surface area contributed by atoms with Gasteiger partial charge in [0.2, 0.25) is 0 Å². The number of benzene rings is 1. The zero-order valence-corrected chi connectivity index (χ0v) is 19.8. The lowest BCUT2D eigenvalue weighted by atomic mass is 10.1. The molecule has 2 amide bonds. The number of hydrogen-bond acceptors (Lipinski definition) is 7. The number of amides is 2. The van der Waals surface area contributed by atoms with Crippen LogP contribution in [0.4, 0.5) is 10.7 Å². The second-order valence-electron chi connectivity index (χ2n) is 7.35. The summed E-state index contributed by atoms with van der Waals surface area (Å²) in [6.45, 7) is 11.2. The number of esters is 1. The van der Waals surface area contributed by atoms with Crippen LogP contribution < -0.4 is 5.32 Å². The van der Waals surface area contributed by atoms with Crippen molar-refractivity contribution in [3.8, 4) is 0 Å². The number of hydrogen-bond donors (Lipinski definition) is 1. The zero-order chi connectivity index (χ0) is 24.2. The van der Waals surface area contributed by atoms with Crippen molar-refractivity contribution in [1.82, 2.24) is 4.90 Å². The molecule has 9 nitrogen and oxygen atoms in total. The number of anilines is 1. The number of carbonyl (C=O) groups excluding carboxylic acids is 3. The summed E-state index contributed by atoms with van der Waals surface area (Å²) in [6.07, 6.45) is -0.397. The number of nitro benzene ring substituents is 1. The van der Waals surface area contributed by atoms with Crippen molar-refractivity contribution in [2.45, 2.75) is 47.6 Å². The third-order valence-corrected chi connectivity index (χ3v) is 6.11. The van der Waals surface area contributed by atoms with E-state index in [4.69, 9.17) is 4.74 Å². The Morgan fingerprint density at radius 1 is 1.16 bits per heavy atom. The molecule has 1 aromatic heterocycles. The summed E-state index contributed by atoms with van der Waals surface area (Å²) >= 11 is 0.990. The molecule has 1 heterocycles. The van der Waals surface area contributed by atoms with E-state index in [1.165, 1.54) is 25.1 Å². The molecule has 0 aliphatic carbocycles. The summed E-state index contributed by atoms with van der Waals surface area (Å²) in [5.41, 5.74) is 0.648. The average Bonchev–Trinajstić information content (AvgIpc) is 3.03. The summed E-state index contributed by atoms with van der Waals surface area (Å²) in [4.78, 5) is 51.3. The molecule has 0 unspecified atom stereocenters. The Balaban J connectivity index is 2.54. The lowest BCUT2D eigenvalue weighted by molar-refractivity contribution is -0.385. The largest absolute Gasteiger partial charge is 0.459 e. The minimum Gasteiger partial charge on any atom is -0.459 e. The van der Waals surface area contributed by atoms with Crippen molar-refractivity contribution >= 4 is 39.8 Å². The Bertz CT molecular complexity index is 1060. The summed E-state index contributed by atoms with van der Waals surface area (Å²) in [7, 11) is 0. The van der Waals surface area contributed by atoms with E-state index in [1.54, 1.807) is 25.7 Å². The highest BCUT2D eigenvalue weighted by molar-refractivity contribution is 7.18. The molecule has 0 aliphatic heterocycles. The maximum Gasteiger partial charge on any atom is 0.341 e. The minimum atomic E-state index is -0.654. The van der Waals surface area contributed by atoms with Gasteiger partial charge >= 0.3 is 5.97 Å². The Labute approximate surface area is 190 Å². The molecule has 0 fully saturated rings. The SMILES string of the molecule is CCN(CC)C(=O)c1sc(NC(=O)c2cccc([N+](=O)[O-])c2C)c(C(=O)OC(C)C)c1C. The van der Waals surface area contributed by atoms with Crippen molar-refractivity contribution in [3.63, 3.8) is 0 Å². The Morgan fingerprint density at radius 2 is 1.78 bits per heavy atom. The van der Waals surface area contributed by atoms with Crippen molar-refractivity contribution in [3.05, 3.63) is 55.4 Å². The van der Waals surface area contributed by atoms with Crippen LogP contribution in [0.15, 0.2) is 18.2 Å². The lowest BCUT2D eigenvalue weighted by Gasteiger charge is -2.18. The van der Waals surface area contributed by atoms with Crippen molar-refractivity contribution < 1.29 is 24.0 Å². The summed E-state index contributed by atoms with van der Waals surface area (Å²) < 4.78 is 5.33. The molecule has 0 radical (unpaired) electrons. The quantitative estimate of drug-likeness (QED) is 0.349. The van der Waals surface area contributed by atoms with E-state index in [0.29, 0.717) is 23.5 Å². The third-order valence-electron chi connectivity index (χ3n) is 4.91. The molecule has 2 rings (SSSR count). The van der Waals surface area contributed by atoms with Crippen molar-refractivity contribution in [2.24, 2.45) is 0 Å². The van der Waals surface area contributed by atoms with Gasteiger partial charge in [0.05, 0.1) is 21.5 Å². The van der Waals surface area contributed by atoms with Crippen LogP contribution in [0.5, 0.6) is 0 Å². The highest BCUT2D eigenvalue weighted by Gasteiger charge is 2.29. The Hall–Kier alpha value is -3.27. The minimum absolute atomic E-state index is 0.102. The molecule has 1 N–H and O–H groups in total. The van der Waals surface area contributed by atoms with Gasteiger partial charge < -0.3 is 15.0 Å².